The van der Waals surface area contributed by atoms with Crippen molar-refractivity contribution in [1.82, 2.24) is 0 Å². The van der Waals surface area contributed by atoms with Crippen molar-refractivity contribution in [3.05, 3.63) is 0 Å². The maximum atomic E-state index is 7.62. The van der Waals surface area contributed by atoms with Crippen LogP contribution in [0.2, 0.25) is 0 Å². The second-order valence-corrected chi connectivity index (χ2v) is 0.894. The Labute approximate surface area is 84.1 Å². The Balaban J connectivity index is -0.0000000720. The van der Waals surface area contributed by atoms with Crippen LogP contribution in [0.1, 0.15) is 0 Å². The average Bonchev–Trinajstić information content (AvgIpc) is 1.88. The van der Waals surface area contributed by atoms with E-state index in [1.807, 2.05) is 0 Å². The van der Waals surface area contributed by atoms with E-state index in [0.29, 0.717) is 0 Å². The van der Waals surface area contributed by atoms with E-state index in [9.17, 15) is 0 Å². The number of hydrogen-bond acceptors (Lipinski definition) is 4. The van der Waals surface area contributed by atoms with E-state index in [2.05, 4.69) is 0 Å². The molecule has 0 aliphatic rings. The molecule has 0 saturated carbocycles. The predicted molar refractivity (Wildman–Crippen MR) is 36.9 cm³/mol. The Morgan fingerprint density at radius 3 is 0.667 bits per heavy atom. The molecule has 0 radical (unpaired) electrons. The molecule has 56 valence electrons. The fourth-order valence-corrected chi connectivity index (χ4v) is 0. The zero-order valence-electron chi connectivity index (χ0n) is 4.62. The molecule has 4 N–H and O–H groups in total. The van der Waals surface area contributed by atoms with Crippen LogP contribution in [0.3, 0.4) is 0 Å². The summed E-state index contributed by atoms with van der Waals surface area (Å²) >= 11 is 0. The molecule has 0 aromatic heterocycles. The van der Waals surface area contributed by atoms with Gasteiger partial charge in [-0.25, -0.2) is 0 Å². The first-order valence-electron chi connectivity index (χ1n) is 2.26. The van der Waals surface area contributed by atoms with Crippen LogP contribution in [0, 0.1) is 0 Å². The van der Waals surface area contributed by atoms with Gasteiger partial charge < -0.3 is 20.4 Å². The average molecular weight is 166 g/mol. The minimum absolute atomic E-state index is 0. The van der Waals surface area contributed by atoms with E-state index in [0.717, 1.165) is 0 Å². The summed E-state index contributed by atoms with van der Waals surface area (Å²) in [5.41, 5.74) is 0. The van der Waals surface area contributed by atoms with Crippen molar-refractivity contribution < 1.29 is 20.4 Å². The van der Waals surface area contributed by atoms with E-state index < -0.39 is 0 Å². The molecule has 0 fully saturated rings. The van der Waals surface area contributed by atoms with Gasteiger partial charge in [0.15, 0.2) is 0 Å². The second kappa shape index (κ2) is 23.0. The van der Waals surface area contributed by atoms with Crippen molar-refractivity contribution >= 4 is 37.7 Å². The first kappa shape index (κ1) is 16.6. The van der Waals surface area contributed by atoms with Gasteiger partial charge in [-0.15, -0.1) is 0 Å². The van der Waals surface area contributed by atoms with E-state index in [1.165, 1.54) is 0 Å². The molecule has 0 aromatic rings. The monoisotopic (exact) mass is 166 g/mol. The third kappa shape index (κ3) is 47.7. The predicted octanol–water partition coefficient (Wildman–Crippen LogP) is -2.97. The van der Waals surface area contributed by atoms with Gasteiger partial charge in [0.25, 0.3) is 0 Å². The van der Waals surface area contributed by atoms with Crippen LogP contribution >= 0.6 is 0 Å². The van der Waals surface area contributed by atoms with Crippen molar-refractivity contribution in [2.24, 2.45) is 0 Å². The van der Waals surface area contributed by atoms with Crippen molar-refractivity contribution in [3.63, 3.8) is 0 Å². The van der Waals surface area contributed by atoms with E-state index in [1.54, 1.807) is 0 Å². The third-order valence-corrected chi connectivity index (χ3v) is 0.200. The van der Waals surface area contributed by atoms with E-state index >= 15 is 0 Å². The van der Waals surface area contributed by atoms with Crippen molar-refractivity contribution in [2.45, 2.75) is 0 Å². The molecule has 0 amide bonds. The number of aliphatic hydroxyl groups is 4. The molecule has 0 spiro atoms. The quantitative estimate of drug-likeness (QED) is 0.330. The number of hydrogen-bond donors (Lipinski definition) is 4. The molecular weight excluding hydrogens is 152 g/mol. The third-order valence-electron chi connectivity index (χ3n) is 0.200. The first-order valence-corrected chi connectivity index (χ1v) is 2.26. The summed E-state index contributed by atoms with van der Waals surface area (Å²) in [5, 5.41) is 30.5. The van der Waals surface area contributed by atoms with Crippen LogP contribution in [-0.4, -0.2) is 84.6 Å². The summed E-state index contributed by atoms with van der Waals surface area (Å²) in [4.78, 5) is 0. The molecule has 4 nitrogen and oxygen atoms in total. The minimum atomic E-state index is -0.125. The van der Waals surface area contributed by atoms with E-state index in [4.69, 9.17) is 20.4 Å². The fraction of sp³-hybridized carbons (Fsp3) is 1.00. The van der Waals surface area contributed by atoms with Gasteiger partial charge in [0.1, 0.15) is 0 Å². The van der Waals surface area contributed by atoms with Gasteiger partial charge in [-0.1, -0.05) is 0 Å². The Morgan fingerprint density at radius 2 is 0.667 bits per heavy atom. The van der Waals surface area contributed by atoms with Crippen LogP contribution in [-0.2, 0) is 0 Å². The molecule has 0 aliphatic heterocycles. The zero-order valence-corrected chi connectivity index (χ0v) is 4.62. The molecule has 0 unspecified atom stereocenters. The Kier molecular flexibility index (Phi) is 42.3. The molecule has 0 atom stereocenters. The summed E-state index contributed by atoms with van der Waals surface area (Å²) in [6, 6.07) is 0. The fourth-order valence-electron chi connectivity index (χ4n) is 0. The summed E-state index contributed by atoms with van der Waals surface area (Å²) in [6.07, 6.45) is 0. The SMILES string of the molecule is OCCO.OCCO.[CaH2]. The number of aliphatic hydroxyl groups excluding tert-OH is 4. The standard InChI is InChI=1S/2C2H6O2.Ca.2H/c2*3-1-2-4;;;/h2*3-4H,1-2H2;;;. The van der Waals surface area contributed by atoms with E-state index in [-0.39, 0.29) is 64.2 Å². The Morgan fingerprint density at radius 1 is 0.556 bits per heavy atom. The van der Waals surface area contributed by atoms with Crippen LogP contribution in [0.4, 0.5) is 0 Å². The summed E-state index contributed by atoms with van der Waals surface area (Å²) in [7, 11) is 0. The molecule has 0 bridgehead atoms. The number of rotatable bonds is 2. The van der Waals surface area contributed by atoms with Crippen LogP contribution in [0.5, 0.6) is 0 Å². The van der Waals surface area contributed by atoms with Gasteiger partial charge in [-0.2, -0.15) is 0 Å². The molecule has 5 heteroatoms. The molecule has 0 aromatic carbocycles. The van der Waals surface area contributed by atoms with Gasteiger partial charge in [-0.3, -0.25) is 0 Å². The summed E-state index contributed by atoms with van der Waals surface area (Å²) < 4.78 is 0. The first-order chi connectivity index (χ1) is 3.83. The van der Waals surface area contributed by atoms with Gasteiger partial charge in [0.05, 0.1) is 26.4 Å². The summed E-state index contributed by atoms with van der Waals surface area (Å²) in [5.74, 6) is 0. The zero-order chi connectivity index (χ0) is 6.83. The Hall–Kier alpha value is 1.10. The van der Waals surface area contributed by atoms with Gasteiger partial charge in [0.2, 0.25) is 0 Å². The topological polar surface area (TPSA) is 80.9 Å². The second-order valence-electron chi connectivity index (χ2n) is 0.894. The van der Waals surface area contributed by atoms with Gasteiger partial charge in [-0.05, 0) is 0 Å². The van der Waals surface area contributed by atoms with Gasteiger partial charge >= 0.3 is 37.7 Å². The molecule has 9 heavy (non-hydrogen) atoms. The van der Waals surface area contributed by atoms with Crippen LogP contribution < -0.4 is 0 Å². The van der Waals surface area contributed by atoms with Crippen molar-refractivity contribution in [1.29, 1.82) is 0 Å². The van der Waals surface area contributed by atoms with Gasteiger partial charge in [0, 0.05) is 0 Å². The molecule has 0 heterocycles. The summed E-state index contributed by atoms with van der Waals surface area (Å²) in [6.45, 7) is -0.500. The molecule has 0 saturated heterocycles. The van der Waals surface area contributed by atoms with Crippen LogP contribution in [0.25, 0.3) is 0 Å². The molecule has 0 rings (SSSR count). The molecule has 0 aliphatic carbocycles. The van der Waals surface area contributed by atoms with Crippen molar-refractivity contribution in [2.75, 3.05) is 26.4 Å². The maximum absolute atomic E-state index is 7.62. The Bertz CT molecular complexity index is 20.5. The molecular formula is C4H14CaO4. The van der Waals surface area contributed by atoms with Crippen LogP contribution in [0.15, 0.2) is 0 Å². The van der Waals surface area contributed by atoms with Crippen molar-refractivity contribution in [3.8, 4) is 0 Å². The normalized spacial score (nSPS) is 6.67.